The van der Waals surface area contributed by atoms with E-state index in [-0.39, 0.29) is 5.75 Å². The normalized spacial score (nSPS) is 10.9. The molecule has 2 aromatic carbocycles. The molecule has 0 aliphatic heterocycles. The second-order valence-electron chi connectivity index (χ2n) is 5.00. The summed E-state index contributed by atoms with van der Waals surface area (Å²) in [7, 11) is 0. The average molecular weight is 288 g/mol. The number of phenols is 1. The standard InChI is InChI=1S/C18H12N2O2/c21-15-6-3-12(4-7-15)17-11-22-18(20-17)14-5-8-16-13(10-14)2-1-9-19-16/h1-11,21H. The number of rotatable bonds is 2. The van der Waals surface area contributed by atoms with Gasteiger partial charge in [0.2, 0.25) is 5.89 Å². The van der Waals surface area contributed by atoms with Crippen LogP contribution in [0.15, 0.2) is 71.5 Å². The van der Waals surface area contributed by atoms with Crippen molar-refractivity contribution in [2.45, 2.75) is 0 Å². The Hall–Kier alpha value is -3.14. The highest BCUT2D eigenvalue weighted by atomic mass is 16.3. The summed E-state index contributed by atoms with van der Waals surface area (Å²) in [6, 6.07) is 16.7. The Bertz CT molecular complexity index is 943. The Morgan fingerprint density at radius 3 is 2.59 bits per heavy atom. The molecule has 0 fully saturated rings. The average Bonchev–Trinajstić information content (AvgIpc) is 3.05. The van der Waals surface area contributed by atoms with Crippen LogP contribution in [-0.4, -0.2) is 15.1 Å². The molecule has 0 saturated heterocycles. The van der Waals surface area contributed by atoms with Crippen LogP contribution in [0.3, 0.4) is 0 Å². The summed E-state index contributed by atoms with van der Waals surface area (Å²) in [5.41, 5.74) is 3.48. The van der Waals surface area contributed by atoms with Gasteiger partial charge in [-0.05, 0) is 48.5 Å². The number of fused-ring (bicyclic) bond motifs is 1. The van der Waals surface area contributed by atoms with Crippen molar-refractivity contribution in [1.82, 2.24) is 9.97 Å². The number of pyridine rings is 1. The van der Waals surface area contributed by atoms with E-state index in [1.54, 1.807) is 36.7 Å². The van der Waals surface area contributed by atoms with Crippen LogP contribution in [0.2, 0.25) is 0 Å². The van der Waals surface area contributed by atoms with E-state index < -0.39 is 0 Å². The zero-order valence-corrected chi connectivity index (χ0v) is 11.6. The second kappa shape index (κ2) is 5.00. The highest BCUT2D eigenvalue weighted by Crippen LogP contribution is 2.27. The summed E-state index contributed by atoms with van der Waals surface area (Å²) < 4.78 is 5.59. The molecule has 1 N–H and O–H groups in total. The molecule has 0 atom stereocenters. The molecular formula is C18H12N2O2. The van der Waals surface area contributed by atoms with Gasteiger partial charge in [-0.25, -0.2) is 4.98 Å². The first-order valence-corrected chi connectivity index (χ1v) is 6.90. The Morgan fingerprint density at radius 1 is 0.909 bits per heavy atom. The lowest BCUT2D eigenvalue weighted by Gasteiger charge is -1.99. The molecule has 22 heavy (non-hydrogen) atoms. The highest BCUT2D eigenvalue weighted by Gasteiger charge is 2.09. The summed E-state index contributed by atoms with van der Waals surface area (Å²) in [5, 5.41) is 10.4. The molecule has 0 bridgehead atoms. The van der Waals surface area contributed by atoms with Gasteiger partial charge in [-0.2, -0.15) is 0 Å². The van der Waals surface area contributed by atoms with E-state index in [9.17, 15) is 5.11 Å². The van der Waals surface area contributed by atoms with Crippen LogP contribution in [0.25, 0.3) is 33.6 Å². The first-order chi connectivity index (χ1) is 10.8. The number of hydrogen-bond acceptors (Lipinski definition) is 4. The smallest absolute Gasteiger partial charge is 0.226 e. The molecule has 0 radical (unpaired) electrons. The summed E-state index contributed by atoms with van der Waals surface area (Å²) in [6.45, 7) is 0. The van der Waals surface area contributed by atoms with Crippen LogP contribution in [0.5, 0.6) is 5.75 Å². The van der Waals surface area contributed by atoms with Crippen molar-refractivity contribution in [1.29, 1.82) is 0 Å². The predicted molar refractivity (Wildman–Crippen MR) is 84.3 cm³/mol. The van der Waals surface area contributed by atoms with Gasteiger partial charge in [0.25, 0.3) is 0 Å². The van der Waals surface area contributed by atoms with Gasteiger partial charge in [-0.1, -0.05) is 6.07 Å². The zero-order valence-electron chi connectivity index (χ0n) is 11.6. The fourth-order valence-electron chi connectivity index (χ4n) is 2.38. The van der Waals surface area contributed by atoms with Crippen molar-refractivity contribution in [3.05, 3.63) is 67.1 Å². The molecule has 4 heteroatoms. The van der Waals surface area contributed by atoms with E-state index in [4.69, 9.17) is 4.42 Å². The first kappa shape index (κ1) is 12.6. The molecule has 4 nitrogen and oxygen atoms in total. The third-order valence-electron chi connectivity index (χ3n) is 3.52. The molecule has 2 aromatic heterocycles. The van der Waals surface area contributed by atoms with Crippen LogP contribution >= 0.6 is 0 Å². The fourth-order valence-corrected chi connectivity index (χ4v) is 2.38. The fraction of sp³-hybridized carbons (Fsp3) is 0. The van der Waals surface area contributed by atoms with Crippen LogP contribution in [0.1, 0.15) is 0 Å². The summed E-state index contributed by atoms with van der Waals surface area (Å²) >= 11 is 0. The van der Waals surface area contributed by atoms with Crippen molar-refractivity contribution in [3.8, 4) is 28.5 Å². The first-order valence-electron chi connectivity index (χ1n) is 6.90. The third kappa shape index (κ3) is 2.20. The summed E-state index contributed by atoms with van der Waals surface area (Å²) in [6.07, 6.45) is 3.39. The molecule has 0 spiro atoms. The molecule has 0 amide bonds. The van der Waals surface area contributed by atoms with Crippen LogP contribution in [-0.2, 0) is 0 Å². The highest BCUT2D eigenvalue weighted by molar-refractivity contribution is 5.83. The van der Waals surface area contributed by atoms with Crippen molar-refractivity contribution >= 4 is 10.9 Å². The molecule has 106 valence electrons. The Labute approximate surface area is 126 Å². The van der Waals surface area contributed by atoms with Crippen molar-refractivity contribution in [2.24, 2.45) is 0 Å². The Kier molecular flexibility index (Phi) is 2.86. The summed E-state index contributed by atoms with van der Waals surface area (Å²) in [4.78, 5) is 8.82. The minimum absolute atomic E-state index is 0.231. The van der Waals surface area contributed by atoms with Gasteiger partial charge in [0, 0.05) is 22.7 Å². The van der Waals surface area contributed by atoms with Gasteiger partial charge in [0.1, 0.15) is 17.7 Å². The minimum atomic E-state index is 0.231. The monoisotopic (exact) mass is 288 g/mol. The molecule has 4 aromatic rings. The number of benzene rings is 2. The van der Waals surface area contributed by atoms with Crippen LogP contribution in [0, 0.1) is 0 Å². The maximum absolute atomic E-state index is 9.34. The number of nitrogens with zero attached hydrogens (tertiary/aromatic N) is 2. The second-order valence-corrected chi connectivity index (χ2v) is 5.00. The lowest BCUT2D eigenvalue weighted by atomic mass is 10.1. The largest absolute Gasteiger partial charge is 0.508 e. The SMILES string of the molecule is Oc1ccc(-c2coc(-c3ccc4ncccc4c3)n2)cc1. The predicted octanol–water partition coefficient (Wildman–Crippen LogP) is 4.26. The lowest BCUT2D eigenvalue weighted by molar-refractivity contribution is 0.475. The number of hydrogen-bond donors (Lipinski definition) is 1. The van der Waals surface area contributed by atoms with Crippen LogP contribution < -0.4 is 0 Å². The quantitative estimate of drug-likeness (QED) is 0.598. The van der Waals surface area contributed by atoms with E-state index >= 15 is 0 Å². The molecule has 2 heterocycles. The summed E-state index contributed by atoms with van der Waals surface area (Å²) in [5.74, 6) is 0.795. The molecule has 4 rings (SSSR count). The van der Waals surface area contributed by atoms with Gasteiger partial charge < -0.3 is 9.52 Å². The van der Waals surface area contributed by atoms with Crippen LogP contribution in [0.4, 0.5) is 0 Å². The molecule has 0 saturated carbocycles. The van der Waals surface area contributed by atoms with Crippen molar-refractivity contribution in [3.63, 3.8) is 0 Å². The van der Waals surface area contributed by atoms with E-state index in [2.05, 4.69) is 9.97 Å². The maximum atomic E-state index is 9.34. The zero-order chi connectivity index (χ0) is 14.9. The maximum Gasteiger partial charge on any atom is 0.226 e. The van der Waals surface area contributed by atoms with Gasteiger partial charge in [0.15, 0.2) is 0 Å². The molecular weight excluding hydrogens is 276 g/mol. The van der Waals surface area contributed by atoms with Gasteiger partial charge in [-0.3, -0.25) is 4.98 Å². The molecule has 0 aliphatic carbocycles. The lowest BCUT2D eigenvalue weighted by Crippen LogP contribution is -1.82. The third-order valence-corrected chi connectivity index (χ3v) is 3.52. The number of aromatic nitrogens is 2. The van der Waals surface area contributed by atoms with Gasteiger partial charge in [0.05, 0.1) is 5.52 Å². The molecule has 0 aliphatic rings. The van der Waals surface area contributed by atoms with Crippen molar-refractivity contribution in [2.75, 3.05) is 0 Å². The Morgan fingerprint density at radius 2 is 1.73 bits per heavy atom. The minimum Gasteiger partial charge on any atom is -0.508 e. The Balaban J connectivity index is 1.74. The van der Waals surface area contributed by atoms with Gasteiger partial charge >= 0.3 is 0 Å². The molecule has 0 unspecified atom stereocenters. The van der Waals surface area contributed by atoms with Gasteiger partial charge in [-0.15, -0.1) is 0 Å². The van der Waals surface area contributed by atoms with E-state index in [1.165, 1.54) is 0 Å². The number of aromatic hydroxyl groups is 1. The van der Waals surface area contributed by atoms with E-state index in [0.717, 1.165) is 27.7 Å². The number of phenolic OH excluding ortho intramolecular Hbond substituents is 1. The van der Waals surface area contributed by atoms with Crippen molar-refractivity contribution < 1.29 is 9.52 Å². The van der Waals surface area contributed by atoms with E-state index in [1.807, 2.05) is 30.3 Å². The van der Waals surface area contributed by atoms with E-state index in [0.29, 0.717) is 5.89 Å². The number of oxazole rings is 1. The topological polar surface area (TPSA) is 59.2 Å².